The van der Waals surface area contributed by atoms with Crippen molar-refractivity contribution in [3.8, 4) is 5.69 Å². The first-order chi connectivity index (χ1) is 14.9. The van der Waals surface area contributed by atoms with Crippen molar-refractivity contribution in [2.24, 2.45) is 10.1 Å². The number of fused-ring (bicyclic) bond motifs is 1. The molecular weight excluding hydrogens is 434 g/mol. The third-order valence-corrected chi connectivity index (χ3v) is 6.22. The molecule has 0 atom stereocenters. The van der Waals surface area contributed by atoms with Gasteiger partial charge in [-0.1, -0.05) is 11.6 Å². The molecule has 31 heavy (non-hydrogen) atoms. The van der Waals surface area contributed by atoms with Gasteiger partial charge in [-0.15, -0.1) is 0 Å². The molecule has 0 spiro atoms. The van der Waals surface area contributed by atoms with E-state index in [1.54, 1.807) is 24.5 Å². The summed E-state index contributed by atoms with van der Waals surface area (Å²) in [5, 5.41) is 15.9. The Morgan fingerprint density at radius 3 is 2.68 bits per heavy atom. The van der Waals surface area contributed by atoms with Gasteiger partial charge in [-0.2, -0.15) is 15.1 Å². The fourth-order valence-corrected chi connectivity index (χ4v) is 4.55. The van der Waals surface area contributed by atoms with Gasteiger partial charge in [0.1, 0.15) is 0 Å². The number of amides is 1. The molecule has 5 rings (SSSR count). The van der Waals surface area contributed by atoms with Crippen LogP contribution in [0.25, 0.3) is 11.8 Å². The summed E-state index contributed by atoms with van der Waals surface area (Å²) in [6, 6.07) is 13.1. The van der Waals surface area contributed by atoms with Crippen LogP contribution in [0.4, 0.5) is 0 Å². The number of thioether (sulfide) groups is 1. The molecule has 0 fully saturated rings. The lowest BCUT2D eigenvalue weighted by atomic mass is 10.1. The van der Waals surface area contributed by atoms with Crippen molar-refractivity contribution >= 4 is 51.4 Å². The summed E-state index contributed by atoms with van der Waals surface area (Å²) in [7, 11) is 0. The highest BCUT2D eigenvalue weighted by Gasteiger charge is 2.36. The summed E-state index contributed by atoms with van der Waals surface area (Å²) >= 11 is 7.22. The third kappa shape index (κ3) is 3.34. The molecule has 2 aromatic heterocycles. The Kier molecular flexibility index (Phi) is 4.68. The van der Waals surface area contributed by atoms with E-state index in [1.807, 2.05) is 44.2 Å². The van der Waals surface area contributed by atoms with E-state index in [0.29, 0.717) is 21.0 Å². The number of nitrogens with one attached hydrogen (secondary N) is 1. The zero-order chi connectivity index (χ0) is 21.7. The molecule has 1 amide bonds. The van der Waals surface area contributed by atoms with E-state index in [2.05, 4.69) is 14.7 Å². The van der Waals surface area contributed by atoms with Crippen molar-refractivity contribution in [1.82, 2.24) is 9.58 Å². The van der Waals surface area contributed by atoms with Crippen molar-refractivity contribution in [3.05, 3.63) is 82.0 Å². The van der Waals surface area contributed by atoms with Crippen LogP contribution in [0.2, 0.25) is 5.02 Å². The van der Waals surface area contributed by atoms with Gasteiger partial charge in [0, 0.05) is 22.1 Å². The molecule has 0 saturated heterocycles. The molecule has 154 valence electrons. The van der Waals surface area contributed by atoms with Gasteiger partial charge in [-0.25, -0.2) is 0 Å². The number of nitrogens with zero attached hydrogens (tertiary/aromatic N) is 4. The van der Waals surface area contributed by atoms with Crippen LogP contribution in [0.5, 0.6) is 0 Å². The Labute approximate surface area is 187 Å². The fourth-order valence-electron chi connectivity index (χ4n) is 3.57. The second kappa shape index (κ2) is 7.40. The fraction of sp³-hybridized carbons (Fsp3) is 0.0909. The Bertz CT molecular complexity index is 1320. The summed E-state index contributed by atoms with van der Waals surface area (Å²) in [6.07, 6.45) is 3.25. The van der Waals surface area contributed by atoms with Crippen LogP contribution in [0.15, 0.2) is 68.8 Å². The average molecular weight is 450 g/mol. The summed E-state index contributed by atoms with van der Waals surface area (Å²) in [6.45, 7) is 3.96. The molecule has 0 radical (unpaired) electrons. The molecule has 0 saturated carbocycles. The number of carbonyl (C=O) groups excluding carboxylic acids is 1. The van der Waals surface area contributed by atoms with Crippen LogP contribution in [0.3, 0.4) is 0 Å². The number of benzene rings is 1. The predicted octanol–water partition coefficient (Wildman–Crippen LogP) is 5.01. The minimum atomic E-state index is -0.462. The highest BCUT2D eigenvalue weighted by atomic mass is 35.5. The number of carbonyl (C=O) groups is 1. The molecule has 0 unspecified atom stereocenters. The highest BCUT2D eigenvalue weighted by molar-refractivity contribution is 8.27. The SMILES string of the molecule is Cc1cc(C=C2C(=N)N3N=C(c4ccco4)SC3=NC2=O)c(C)n1-c1ccc(Cl)cc1. The first-order valence-electron chi connectivity index (χ1n) is 9.41. The lowest BCUT2D eigenvalue weighted by Gasteiger charge is -2.20. The Hall–Kier alpha value is -3.36. The molecule has 1 aromatic carbocycles. The van der Waals surface area contributed by atoms with Crippen molar-refractivity contribution < 1.29 is 9.21 Å². The van der Waals surface area contributed by atoms with Gasteiger partial charge < -0.3 is 8.98 Å². The minimum Gasteiger partial charge on any atom is -0.462 e. The van der Waals surface area contributed by atoms with Gasteiger partial charge in [0.2, 0.25) is 5.17 Å². The van der Waals surface area contributed by atoms with Gasteiger partial charge >= 0.3 is 0 Å². The Balaban J connectivity index is 1.52. The number of hydrogen-bond acceptors (Lipinski definition) is 5. The quantitative estimate of drug-likeness (QED) is 0.569. The minimum absolute atomic E-state index is 0.0136. The van der Waals surface area contributed by atoms with Crippen molar-refractivity contribution in [3.63, 3.8) is 0 Å². The second-order valence-corrected chi connectivity index (χ2v) is 8.43. The van der Waals surface area contributed by atoms with Crippen LogP contribution in [-0.4, -0.2) is 31.5 Å². The maximum absolute atomic E-state index is 12.7. The summed E-state index contributed by atoms with van der Waals surface area (Å²) < 4.78 is 7.45. The van der Waals surface area contributed by atoms with Crippen molar-refractivity contribution in [2.75, 3.05) is 0 Å². The number of hydrazone groups is 1. The van der Waals surface area contributed by atoms with E-state index in [1.165, 1.54) is 16.8 Å². The molecule has 0 aliphatic carbocycles. The highest BCUT2D eigenvalue weighted by Crippen LogP contribution is 2.32. The Morgan fingerprint density at radius 2 is 1.97 bits per heavy atom. The largest absolute Gasteiger partial charge is 0.462 e. The Morgan fingerprint density at radius 1 is 1.19 bits per heavy atom. The first-order valence-corrected chi connectivity index (χ1v) is 10.6. The van der Waals surface area contributed by atoms with E-state index < -0.39 is 5.91 Å². The summed E-state index contributed by atoms with van der Waals surface area (Å²) in [5.74, 6) is 0.0932. The molecular formula is C22H16ClN5O2S. The van der Waals surface area contributed by atoms with Gasteiger partial charge in [-0.3, -0.25) is 10.2 Å². The van der Waals surface area contributed by atoms with Crippen molar-refractivity contribution in [2.45, 2.75) is 13.8 Å². The lowest BCUT2D eigenvalue weighted by molar-refractivity contribution is -0.114. The van der Waals surface area contributed by atoms with E-state index in [4.69, 9.17) is 21.4 Å². The maximum atomic E-state index is 12.7. The molecule has 1 N–H and O–H groups in total. The monoisotopic (exact) mass is 449 g/mol. The van der Waals surface area contributed by atoms with E-state index >= 15 is 0 Å². The number of furan rings is 1. The second-order valence-electron chi connectivity index (χ2n) is 7.04. The smallest absolute Gasteiger partial charge is 0.283 e. The van der Waals surface area contributed by atoms with Gasteiger partial charge in [-0.05, 0) is 79.7 Å². The number of rotatable bonds is 3. The van der Waals surface area contributed by atoms with Crippen LogP contribution in [0, 0.1) is 19.3 Å². The molecule has 2 aliphatic rings. The first kappa shape index (κ1) is 19.6. The van der Waals surface area contributed by atoms with E-state index in [9.17, 15) is 4.79 Å². The zero-order valence-electron chi connectivity index (χ0n) is 16.6. The number of aliphatic imine (C=N–C) groups is 1. The number of aryl methyl sites for hydroxylation is 1. The van der Waals surface area contributed by atoms with Crippen LogP contribution < -0.4 is 0 Å². The van der Waals surface area contributed by atoms with E-state index in [0.717, 1.165) is 22.6 Å². The van der Waals surface area contributed by atoms with Gasteiger partial charge in [0.05, 0.1) is 11.8 Å². The number of hydrogen-bond donors (Lipinski definition) is 1. The summed E-state index contributed by atoms with van der Waals surface area (Å²) in [4.78, 5) is 16.9. The molecule has 7 nitrogen and oxygen atoms in total. The van der Waals surface area contributed by atoms with Crippen LogP contribution >= 0.6 is 23.4 Å². The predicted molar refractivity (Wildman–Crippen MR) is 123 cm³/mol. The third-order valence-electron chi connectivity index (χ3n) is 5.04. The maximum Gasteiger partial charge on any atom is 0.283 e. The lowest BCUT2D eigenvalue weighted by Crippen LogP contribution is -2.35. The zero-order valence-corrected chi connectivity index (χ0v) is 18.2. The van der Waals surface area contributed by atoms with Gasteiger partial charge in [0.25, 0.3) is 5.91 Å². The molecule has 3 aromatic rings. The van der Waals surface area contributed by atoms with Gasteiger partial charge in [0.15, 0.2) is 16.6 Å². The van der Waals surface area contributed by atoms with Crippen molar-refractivity contribution in [1.29, 1.82) is 5.41 Å². The van der Waals surface area contributed by atoms with Crippen LogP contribution in [0.1, 0.15) is 22.7 Å². The molecule has 0 bridgehead atoms. The number of aromatic nitrogens is 1. The molecule has 4 heterocycles. The number of amidine groups is 2. The van der Waals surface area contributed by atoms with E-state index in [-0.39, 0.29) is 11.4 Å². The number of halogens is 1. The van der Waals surface area contributed by atoms with Crippen LogP contribution in [-0.2, 0) is 4.79 Å². The molecule has 2 aliphatic heterocycles. The topological polar surface area (TPSA) is 87.0 Å². The normalized spacial score (nSPS) is 17.3. The average Bonchev–Trinajstić information content (AvgIpc) is 3.46. The molecule has 9 heteroatoms. The summed E-state index contributed by atoms with van der Waals surface area (Å²) in [5.41, 5.74) is 3.93. The standard InChI is InChI=1S/C22H16ClN5O2S/c1-12-10-14(13(2)27(12)16-7-5-15(23)6-8-16)11-17-19(24)28-22(25-20(17)29)31-21(26-28)18-4-3-9-30-18/h3-11,24H,1-2H3.